The van der Waals surface area contributed by atoms with Gasteiger partial charge in [-0.3, -0.25) is 0 Å². The molecule has 2 aliphatic rings. The second-order valence-electron chi connectivity index (χ2n) is 7.44. The summed E-state index contributed by atoms with van der Waals surface area (Å²) < 4.78 is 5.22. The summed E-state index contributed by atoms with van der Waals surface area (Å²) in [5, 5.41) is 64.4. The van der Waals surface area contributed by atoms with E-state index < -0.39 is 36.0 Å². The minimum absolute atomic E-state index is 0.0404. The number of aliphatic hydroxyl groups is 4. The van der Waals surface area contributed by atoms with E-state index in [0.29, 0.717) is 5.56 Å². The highest BCUT2D eigenvalue weighted by molar-refractivity contribution is 8.03. The molecule has 164 valence electrons. The highest BCUT2D eigenvalue weighted by Gasteiger charge is 2.44. The first-order valence-corrected chi connectivity index (χ1v) is 10.6. The third-order valence-corrected chi connectivity index (χ3v) is 6.67. The number of nitrogens with two attached hydrogens (primary N) is 1. The number of benzene rings is 2. The van der Waals surface area contributed by atoms with Crippen molar-refractivity contribution in [3.8, 4) is 12.1 Å². The summed E-state index contributed by atoms with van der Waals surface area (Å²) in [6.07, 6.45) is -6.59. The average Bonchev–Trinajstić information content (AvgIpc) is 2.80. The first kappa shape index (κ1) is 22.1. The van der Waals surface area contributed by atoms with Crippen LogP contribution in [0.25, 0.3) is 10.8 Å². The molecular weight excluding hydrogens is 432 g/mol. The van der Waals surface area contributed by atoms with Crippen molar-refractivity contribution >= 4 is 22.5 Å². The first-order chi connectivity index (χ1) is 15.3. The second-order valence-corrected chi connectivity index (χ2v) is 8.55. The van der Waals surface area contributed by atoms with Gasteiger partial charge in [-0.1, -0.05) is 54.2 Å². The Bertz CT molecular complexity index is 1200. The van der Waals surface area contributed by atoms with E-state index in [1.807, 2.05) is 42.5 Å². The van der Waals surface area contributed by atoms with E-state index in [9.17, 15) is 30.9 Å². The summed E-state index contributed by atoms with van der Waals surface area (Å²) in [6, 6.07) is 17.4. The fraction of sp³-hybridized carbons (Fsp3) is 0.273. The zero-order valence-electron chi connectivity index (χ0n) is 16.6. The average molecular weight is 452 g/mol. The molecule has 0 aromatic heterocycles. The maximum Gasteiger partial charge on any atom is 0.185 e. The molecule has 0 radical (unpaired) electrons. The van der Waals surface area contributed by atoms with Gasteiger partial charge in [-0.15, -0.1) is 0 Å². The van der Waals surface area contributed by atoms with Crippen LogP contribution in [0.2, 0.25) is 0 Å². The molecule has 0 spiro atoms. The molecule has 0 aliphatic carbocycles. The molecule has 10 heteroatoms. The number of hydrogen-bond acceptors (Lipinski definition) is 10. The van der Waals surface area contributed by atoms with Gasteiger partial charge in [0.25, 0.3) is 0 Å². The van der Waals surface area contributed by atoms with E-state index in [4.69, 9.17) is 10.5 Å². The third kappa shape index (κ3) is 3.80. The lowest BCUT2D eigenvalue weighted by molar-refractivity contribution is -0.261. The van der Waals surface area contributed by atoms with Crippen molar-refractivity contribution in [1.82, 2.24) is 5.32 Å². The molecule has 9 nitrogen and oxygen atoms in total. The van der Waals surface area contributed by atoms with E-state index >= 15 is 0 Å². The summed E-state index contributed by atoms with van der Waals surface area (Å²) >= 11 is 0.829. The van der Waals surface area contributed by atoms with E-state index in [1.54, 1.807) is 0 Å². The molecule has 2 aliphatic heterocycles. The molecule has 6 atom stereocenters. The van der Waals surface area contributed by atoms with Gasteiger partial charge in [-0.25, -0.2) is 0 Å². The second kappa shape index (κ2) is 8.81. The van der Waals surface area contributed by atoms with Crippen molar-refractivity contribution in [2.24, 2.45) is 5.73 Å². The van der Waals surface area contributed by atoms with Crippen LogP contribution in [0.5, 0.6) is 0 Å². The minimum atomic E-state index is -1.72. The number of nitrogens with one attached hydrogen (secondary N) is 1. The Balaban J connectivity index is 1.76. The number of fused-ring (bicyclic) bond motifs is 1. The molecule has 2 aromatic rings. The standard InChI is InChI=1S/C22H20N4O5S/c23-8-13-15(12-6-5-10-3-1-2-4-11(10)7-12)14(9-24)20(26-19(13)25)32-22-18(29)16(27)17(28)21(30)31-22/h1-7,15-18,21-22,26-30H,25H2/t15?,16-,17-,18+,21-,22-/m0/s1. The number of allylic oxidation sites excluding steroid dienone is 2. The highest BCUT2D eigenvalue weighted by Crippen LogP contribution is 2.42. The topological polar surface area (TPSA) is 176 Å². The van der Waals surface area contributed by atoms with E-state index in [-0.39, 0.29) is 22.0 Å². The van der Waals surface area contributed by atoms with Crippen LogP contribution in [0.1, 0.15) is 11.5 Å². The lowest BCUT2D eigenvalue weighted by atomic mass is 9.83. The Morgan fingerprint density at radius 1 is 0.906 bits per heavy atom. The summed E-state index contributed by atoms with van der Waals surface area (Å²) in [6.45, 7) is 0. The SMILES string of the molecule is N#CC1=C(N)NC(S[C@@H]2O[C@H](O)[C@@H](O)[C@H](O)[C@H]2O)=C(C#N)C1c1ccc2ccccc2c1. The smallest absolute Gasteiger partial charge is 0.185 e. The van der Waals surface area contributed by atoms with Crippen LogP contribution in [0.3, 0.4) is 0 Å². The van der Waals surface area contributed by atoms with Crippen molar-refractivity contribution in [3.05, 3.63) is 70.0 Å². The molecule has 2 aromatic carbocycles. The van der Waals surface area contributed by atoms with Crippen molar-refractivity contribution < 1.29 is 25.2 Å². The van der Waals surface area contributed by atoms with Crippen LogP contribution >= 0.6 is 11.8 Å². The van der Waals surface area contributed by atoms with Gasteiger partial charge in [0.1, 0.15) is 29.6 Å². The van der Waals surface area contributed by atoms with E-state index in [2.05, 4.69) is 17.5 Å². The van der Waals surface area contributed by atoms with Gasteiger partial charge < -0.3 is 36.2 Å². The monoisotopic (exact) mass is 452 g/mol. The molecular formula is C22H20N4O5S. The fourth-order valence-corrected chi connectivity index (χ4v) is 4.95. The number of nitrogens with zero attached hydrogens (tertiary/aromatic N) is 2. The maximum absolute atomic E-state index is 10.3. The quantitative estimate of drug-likeness (QED) is 0.383. The molecule has 2 heterocycles. The van der Waals surface area contributed by atoms with Crippen molar-refractivity contribution in [2.45, 2.75) is 36.0 Å². The molecule has 7 N–H and O–H groups in total. The molecule has 32 heavy (non-hydrogen) atoms. The van der Waals surface area contributed by atoms with Crippen LogP contribution in [-0.2, 0) is 4.74 Å². The normalized spacial score (nSPS) is 30.6. The van der Waals surface area contributed by atoms with E-state index in [0.717, 1.165) is 22.5 Å². The van der Waals surface area contributed by atoms with Crippen LogP contribution < -0.4 is 11.1 Å². The molecule has 0 bridgehead atoms. The van der Waals surface area contributed by atoms with Gasteiger partial charge in [0, 0.05) is 0 Å². The maximum atomic E-state index is 10.3. The molecule has 1 unspecified atom stereocenters. The first-order valence-electron chi connectivity index (χ1n) is 9.69. The number of thioether (sulfide) groups is 1. The Hall–Kier alpha value is -3.09. The van der Waals surface area contributed by atoms with Crippen LogP contribution in [0, 0.1) is 22.7 Å². The van der Waals surface area contributed by atoms with Crippen molar-refractivity contribution in [1.29, 1.82) is 10.5 Å². The molecule has 4 rings (SSSR count). The Morgan fingerprint density at radius 3 is 2.28 bits per heavy atom. The molecule has 1 saturated heterocycles. The summed E-state index contributed by atoms with van der Waals surface area (Å²) in [5.41, 5.74) is 5.91. The lowest BCUT2D eigenvalue weighted by Gasteiger charge is -2.38. The van der Waals surface area contributed by atoms with Crippen LogP contribution in [-0.4, -0.2) is 50.5 Å². The fourth-order valence-electron chi connectivity index (χ4n) is 3.79. The summed E-state index contributed by atoms with van der Waals surface area (Å²) in [4.78, 5) is 0. The predicted molar refractivity (Wildman–Crippen MR) is 116 cm³/mol. The number of hydrogen-bond donors (Lipinski definition) is 6. The number of dihydropyridines is 1. The van der Waals surface area contributed by atoms with Gasteiger partial charge in [-0.2, -0.15) is 10.5 Å². The number of rotatable bonds is 3. The summed E-state index contributed by atoms with van der Waals surface area (Å²) in [5.74, 6) is -0.724. The lowest BCUT2D eigenvalue weighted by Crippen LogP contribution is -2.56. The van der Waals surface area contributed by atoms with Gasteiger partial charge >= 0.3 is 0 Å². The van der Waals surface area contributed by atoms with Gasteiger partial charge in [0.15, 0.2) is 6.29 Å². The molecule has 0 saturated carbocycles. The Morgan fingerprint density at radius 2 is 1.59 bits per heavy atom. The van der Waals surface area contributed by atoms with Crippen LogP contribution in [0.4, 0.5) is 0 Å². The number of aliphatic hydroxyl groups excluding tert-OH is 4. The molecule has 0 amide bonds. The van der Waals surface area contributed by atoms with Gasteiger partial charge in [0.2, 0.25) is 0 Å². The molecule has 1 fully saturated rings. The highest BCUT2D eigenvalue weighted by atomic mass is 32.2. The zero-order valence-corrected chi connectivity index (χ0v) is 17.4. The number of nitriles is 2. The predicted octanol–water partition coefficient (Wildman–Crippen LogP) is 0.446. The van der Waals surface area contributed by atoms with Crippen LogP contribution in [0.15, 0.2) is 64.5 Å². The third-order valence-electron chi connectivity index (χ3n) is 5.49. The summed E-state index contributed by atoms with van der Waals surface area (Å²) in [7, 11) is 0. The Kier molecular flexibility index (Phi) is 6.09. The van der Waals surface area contributed by atoms with Gasteiger partial charge in [-0.05, 0) is 16.3 Å². The number of ether oxygens (including phenoxy) is 1. The van der Waals surface area contributed by atoms with Crippen molar-refractivity contribution in [3.63, 3.8) is 0 Å². The van der Waals surface area contributed by atoms with E-state index in [1.165, 1.54) is 0 Å². The largest absolute Gasteiger partial charge is 0.387 e. The minimum Gasteiger partial charge on any atom is -0.387 e. The Labute approximate surface area is 187 Å². The van der Waals surface area contributed by atoms with Gasteiger partial charge in [0.05, 0.1) is 34.2 Å². The van der Waals surface area contributed by atoms with Crippen molar-refractivity contribution in [2.75, 3.05) is 0 Å². The zero-order chi connectivity index (χ0) is 23.0.